The van der Waals surface area contributed by atoms with Gasteiger partial charge in [-0.05, 0) is 111 Å². The number of hydrogen-bond acceptors (Lipinski definition) is 8. The van der Waals surface area contributed by atoms with Crippen LogP contribution in [0.3, 0.4) is 0 Å². The van der Waals surface area contributed by atoms with Gasteiger partial charge in [0.25, 0.3) is 5.91 Å². The third kappa shape index (κ3) is 11.8. The van der Waals surface area contributed by atoms with Gasteiger partial charge in [0.1, 0.15) is 0 Å². The van der Waals surface area contributed by atoms with E-state index in [9.17, 15) is 9.59 Å². The molecule has 0 saturated heterocycles. The number of thiophene rings is 4. The molecule has 0 radical (unpaired) electrons. The number of aromatic amines is 1. The molecule has 13 heteroatoms. The summed E-state index contributed by atoms with van der Waals surface area (Å²) in [5.74, 6) is -0.882. The number of carbonyl (C=O) groups is 2. The van der Waals surface area contributed by atoms with Crippen molar-refractivity contribution >= 4 is 80.4 Å². The largest absolute Gasteiger partial charge is 0.478 e. The van der Waals surface area contributed by atoms with E-state index in [4.69, 9.17) is 33.4 Å². The molecule has 0 spiro atoms. The first-order valence-electron chi connectivity index (χ1n) is 19.0. The van der Waals surface area contributed by atoms with Gasteiger partial charge in [0.05, 0.1) is 31.2 Å². The summed E-state index contributed by atoms with van der Waals surface area (Å²) < 4.78 is 3.33. The number of rotatable bonds is 10. The number of aromatic carboxylic acids is 1. The Bertz CT molecular complexity index is 2100. The topological polar surface area (TPSA) is 101 Å². The molecule has 2 aliphatic rings. The maximum Gasteiger partial charge on any atom is 0.336 e. The highest BCUT2D eigenvalue weighted by Gasteiger charge is 2.33. The first kappa shape index (κ1) is 44.1. The lowest BCUT2D eigenvalue weighted by Gasteiger charge is -2.31. The number of nitrogens with zero attached hydrogens (tertiary/aromatic N) is 3. The van der Waals surface area contributed by atoms with E-state index in [1.807, 2.05) is 29.0 Å². The van der Waals surface area contributed by atoms with E-state index < -0.39 is 5.97 Å². The van der Waals surface area contributed by atoms with Gasteiger partial charge in [-0.1, -0.05) is 83.0 Å². The molecule has 0 aliphatic heterocycles. The summed E-state index contributed by atoms with van der Waals surface area (Å²) in [7, 11) is 0. The van der Waals surface area contributed by atoms with E-state index in [0.29, 0.717) is 16.5 Å². The fourth-order valence-electron chi connectivity index (χ4n) is 7.42. The molecule has 0 unspecified atom stereocenters. The quantitative estimate of drug-likeness (QED) is 0.143. The van der Waals surface area contributed by atoms with Crippen molar-refractivity contribution in [2.24, 2.45) is 0 Å². The van der Waals surface area contributed by atoms with E-state index in [1.54, 1.807) is 55.5 Å². The number of carbonyl (C=O) groups excluding carboxylic acids is 1. The van der Waals surface area contributed by atoms with Crippen LogP contribution in [0.5, 0.6) is 0 Å². The SMILES string of the molecule is C.CC1(c2cc(CCc3ccc(Cl)s3)[nH]n2)CCCCC1.CC1(c2cc(CCc3ccc(Cl)s3)n(C(=O)c3ccsc3)n2)CCCCC1.O=C(O)c1ccsc1. The Balaban J connectivity index is 0.000000181. The molecule has 7 nitrogen and oxygen atoms in total. The van der Waals surface area contributed by atoms with Crippen LogP contribution in [-0.2, 0) is 36.5 Å². The molecule has 0 amide bonds. The van der Waals surface area contributed by atoms with Crippen molar-refractivity contribution < 1.29 is 14.7 Å². The molecular weight excluding hydrogens is 820 g/mol. The lowest BCUT2D eigenvalue weighted by atomic mass is 9.73. The predicted molar refractivity (Wildman–Crippen MR) is 237 cm³/mol. The van der Waals surface area contributed by atoms with Crippen molar-refractivity contribution in [2.75, 3.05) is 0 Å². The van der Waals surface area contributed by atoms with Crippen molar-refractivity contribution in [3.63, 3.8) is 0 Å². The smallest absolute Gasteiger partial charge is 0.336 e. The number of nitrogens with one attached hydrogen (secondary N) is 1. The molecule has 0 aromatic carbocycles. The highest BCUT2D eigenvalue weighted by atomic mass is 35.5. The summed E-state index contributed by atoms with van der Waals surface area (Å²) in [6.07, 6.45) is 16.4. The summed E-state index contributed by atoms with van der Waals surface area (Å²) in [5, 5.41) is 28.1. The summed E-state index contributed by atoms with van der Waals surface area (Å²) in [4.78, 5) is 25.7. The van der Waals surface area contributed by atoms with E-state index in [-0.39, 0.29) is 18.7 Å². The number of halogens is 2. The van der Waals surface area contributed by atoms with Crippen LogP contribution < -0.4 is 0 Å². The number of hydrogen-bond donors (Lipinski definition) is 2. The van der Waals surface area contributed by atoms with Gasteiger partial charge in [0.15, 0.2) is 0 Å². The van der Waals surface area contributed by atoms with Crippen molar-refractivity contribution in [2.45, 2.75) is 122 Å². The highest BCUT2D eigenvalue weighted by molar-refractivity contribution is 7.16. The zero-order valence-electron chi connectivity index (χ0n) is 31.3. The van der Waals surface area contributed by atoms with E-state index >= 15 is 0 Å². The molecule has 0 atom stereocenters. The lowest BCUT2D eigenvalue weighted by Crippen LogP contribution is -2.26. The van der Waals surface area contributed by atoms with Gasteiger partial charge in [0, 0.05) is 42.7 Å². The van der Waals surface area contributed by atoms with Crippen LogP contribution in [0.4, 0.5) is 0 Å². The summed E-state index contributed by atoms with van der Waals surface area (Å²) in [6.45, 7) is 4.67. The molecular formula is C43H52Cl2N4O3S4. The summed E-state index contributed by atoms with van der Waals surface area (Å²) in [5.41, 5.74) is 6.03. The van der Waals surface area contributed by atoms with Gasteiger partial charge in [-0.2, -0.15) is 32.9 Å². The van der Waals surface area contributed by atoms with Crippen LogP contribution in [0.2, 0.25) is 8.67 Å². The molecule has 6 heterocycles. The molecule has 2 fully saturated rings. The maximum absolute atomic E-state index is 13.0. The van der Waals surface area contributed by atoms with Crippen LogP contribution in [0, 0.1) is 0 Å². The summed E-state index contributed by atoms with van der Waals surface area (Å²) in [6, 6.07) is 16.0. The second-order valence-corrected chi connectivity index (χ2v) is 20.2. The van der Waals surface area contributed by atoms with Crippen molar-refractivity contribution in [3.05, 3.63) is 122 Å². The number of carboxylic acids is 1. The normalized spacial score (nSPS) is 15.8. The Morgan fingerprint density at radius 3 is 1.75 bits per heavy atom. The van der Waals surface area contributed by atoms with Gasteiger partial charge in [-0.25, -0.2) is 9.48 Å². The third-order valence-electron chi connectivity index (χ3n) is 10.8. The number of carboxylic acid groups (broad SMARTS) is 1. The monoisotopic (exact) mass is 870 g/mol. The van der Waals surface area contributed by atoms with Crippen LogP contribution in [0.1, 0.15) is 139 Å². The number of aromatic nitrogens is 4. The third-order valence-corrected chi connectivity index (χ3v) is 14.8. The Hall–Kier alpha value is -3.06. The highest BCUT2D eigenvalue weighted by Crippen LogP contribution is 2.40. The Morgan fingerprint density at radius 2 is 1.27 bits per heavy atom. The van der Waals surface area contributed by atoms with E-state index in [1.165, 1.54) is 83.8 Å². The van der Waals surface area contributed by atoms with Crippen LogP contribution in [0.15, 0.2) is 70.1 Å². The molecule has 300 valence electrons. The van der Waals surface area contributed by atoms with Gasteiger partial charge in [-0.3, -0.25) is 9.89 Å². The minimum absolute atomic E-state index is 0. The van der Waals surface area contributed by atoms with Crippen LogP contribution in [0.25, 0.3) is 0 Å². The minimum Gasteiger partial charge on any atom is -0.478 e. The second-order valence-electron chi connectivity index (χ2n) is 15.0. The lowest BCUT2D eigenvalue weighted by molar-refractivity contribution is 0.0697. The minimum atomic E-state index is -0.855. The summed E-state index contributed by atoms with van der Waals surface area (Å²) >= 11 is 18.2. The Morgan fingerprint density at radius 1 is 0.732 bits per heavy atom. The molecule has 2 aliphatic carbocycles. The maximum atomic E-state index is 13.0. The van der Waals surface area contributed by atoms with E-state index in [0.717, 1.165) is 58.6 Å². The molecule has 6 aromatic heterocycles. The van der Waals surface area contributed by atoms with E-state index in [2.05, 4.69) is 48.3 Å². The fourth-order valence-corrected chi connectivity index (χ4v) is 10.9. The van der Waals surface area contributed by atoms with Crippen molar-refractivity contribution in [3.8, 4) is 0 Å². The first-order valence-corrected chi connectivity index (χ1v) is 23.2. The molecule has 8 rings (SSSR count). The average molecular weight is 872 g/mol. The molecule has 0 bridgehead atoms. The standard InChI is InChI=1S/C21H23ClN2OS2.C16H21ClN2S.C5H4O2S.CH4/c1-21(10-3-2-4-11-21)18-13-16(5-6-17-7-8-19(22)27-17)24(23-18)20(25)15-9-12-26-14-15;1-16(9-3-2-4-10-16)14-11-12(18-19-14)5-6-13-7-8-15(17)20-13;6-5(7)4-1-2-8-3-4;/h7-9,12-14H,2-6,10-11H2,1H3;7-8,11H,2-6,9-10H2,1H3,(H,18,19);1-3H,(H,6,7);1H4. The van der Waals surface area contributed by atoms with Gasteiger partial charge in [0.2, 0.25) is 0 Å². The van der Waals surface area contributed by atoms with Gasteiger partial charge < -0.3 is 5.11 Å². The molecule has 2 saturated carbocycles. The van der Waals surface area contributed by atoms with Crippen LogP contribution in [-0.4, -0.2) is 37.0 Å². The zero-order chi connectivity index (χ0) is 38.8. The molecule has 56 heavy (non-hydrogen) atoms. The van der Waals surface area contributed by atoms with Crippen molar-refractivity contribution in [1.29, 1.82) is 0 Å². The number of H-pyrrole nitrogens is 1. The van der Waals surface area contributed by atoms with Crippen LogP contribution >= 0.6 is 68.5 Å². The van der Waals surface area contributed by atoms with Gasteiger partial charge in [-0.15, -0.1) is 22.7 Å². The zero-order valence-corrected chi connectivity index (χ0v) is 36.1. The first-order chi connectivity index (χ1) is 26.5. The fraction of sp³-hybridized carbons (Fsp3) is 0.442. The predicted octanol–water partition coefficient (Wildman–Crippen LogP) is 13.6. The Labute approximate surface area is 357 Å². The van der Waals surface area contributed by atoms with Gasteiger partial charge >= 0.3 is 5.97 Å². The molecule has 6 aromatic rings. The molecule has 2 N–H and O–H groups in total. The number of aryl methyl sites for hydroxylation is 4. The second kappa shape index (κ2) is 20.6. The average Bonchev–Trinajstić information content (AvgIpc) is 4.02. The Kier molecular flexibility index (Phi) is 16.2. The van der Waals surface area contributed by atoms with Crippen molar-refractivity contribution in [1.82, 2.24) is 20.0 Å².